The van der Waals surface area contributed by atoms with Crippen molar-refractivity contribution in [2.24, 2.45) is 0 Å². The molecule has 85 heavy (non-hydrogen) atoms. The minimum absolute atomic E-state index is 0.0907. The molecule has 0 unspecified atom stereocenters. The molecular formula is C81H76BN3. The molecule has 0 amide bonds. The molecule has 418 valence electrons. The van der Waals surface area contributed by atoms with E-state index in [1.54, 1.807) is 0 Å². The quantitative estimate of drug-likeness (QED) is 0.0944. The zero-order valence-corrected chi connectivity index (χ0v) is 51.6. The first kappa shape index (κ1) is 55.1. The van der Waals surface area contributed by atoms with Crippen LogP contribution in [0.3, 0.4) is 0 Å². The summed E-state index contributed by atoms with van der Waals surface area (Å²) in [5.41, 5.74) is 33.1. The van der Waals surface area contributed by atoms with Crippen LogP contribution in [0.5, 0.6) is 0 Å². The second-order valence-electron chi connectivity index (χ2n) is 26.1. The summed E-state index contributed by atoms with van der Waals surface area (Å²) in [4.78, 5) is 7.71. The Morgan fingerprint density at radius 3 is 1.93 bits per heavy atom. The molecule has 0 spiro atoms. The van der Waals surface area contributed by atoms with Crippen LogP contribution < -0.4 is 31.1 Å². The van der Waals surface area contributed by atoms with Gasteiger partial charge in [-0.15, -0.1) is 0 Å². The van der Waals surface area contributed by atoms with Gasteiger partial charge in [-0.1, -0.05) is 219 Å². The molecule has 2 aliphatic carbocycles. The van der Waals surface area contributed by atoms with E-state index in [-0.39, 0.29) is 23.0 Å². The van der Waals surface area contributed by atoms with Crippen molar-refractivity contribution in [3.63, 3.8) is 0 Å². The van der Waals surface area contributed by atoms with Crippen molar-refractivity contribution in [2.75, 3.05) is 14.7 Å². The maximum atomic E-state index is 4.74. The molecule has 0 radical (unpaired) electrons. The van der Waals surface area contributed by atoms with E-state index in [1.807, 2.05) is 0 Å². The number of allylic oxidation sites excluding steroid dienone is 9. The van der Waals surface area contributed by atoms with Crippen LogP contribution >= 0.6 is 0 Å². The van der Waals surface area contributed by atoms with Crippen molar-refractivity contribution in [3.05, 3.63) is 299 Å². The molecule has 0 fully saturated rings. The maximum Gasteiger partial charge on any atom is 0.252 e. The highest BCUT2D eigenvalue weighted by atomic mass is 15.2. The highest BCUT2D eigenvalue weighted by Gasteiger charge is 2.46. The van der Waals surface area contributed by atoms with Crippen molar-refractivity contribution >= 4 is 74.1 Å². The van der Waals surface area contributed by atoms with E-state index in [9.17, 15) is 0 Å². The summed E-state index contributed by atoms with van der Waals surface area (Å²) in [7, 11) is 0. The number of nitrogens with zero attached hydrogens (tertiary/aromatic N) is 3. The van der Waals surface area contributed by atoms with E-state index in [2.05, 4.69) is 323 Å². The third kappa shape index (κ3) is 8.94. The number of rotatable bonds is 11. The Bertz CT molecular complexity index is 4380. The van der Waals surface area contributed by atoms with Crippen LogP contribution in [-0.4, -0.2) is 6.71 Å². The zero-order chi connectivity index (χ0) is 59.4. The van der Waals surface area contributed by atoms with Crippen molar-refractivity contribution in [1.82, 2.24) is 0 Å². The number of benzene rings is 9. The third-order valence-electron chi connectivity index (χ3n) is 19.0. The third-order valence-corrected chi connectivity index (χ3v) is 19.0. The molecule has 3 nitrogen and oxygen atoms in total. The van der Waals surface area contributed by atoms with Crippen LogP contribution in [-0.2, 0) is 16.2 Å². The number of hydrogen-bond acceptors (Lipinski definition) is 3. The van der Waals surface area contributed by atoms with Gasteiger partial charge < -0.3 is 14.7 Å². The maximum absolute atomic E-state index is 4.74. The number of hydrogen-bond donors (Lipinski definition) is 0. The van der Waals surface area contributed by atoms with Gasteiger partial charge >= 0.3 is 0 Å². The Morgan fingerprint density at radius 1 is 0.588 bits per heavy atom. The van der Waals surface area contributed by atoms with Gasteiger partial charge in [-0.25, -0.2) is 0 Å². The normalized spacial score (nSPS) is 15.4. The van der Waals surface area contributed by atoms with Crippen molar-refractivity contribution in [3.8, 4) is 22.3 Å². The van der Waals surface area contributed by atoms with Crippen molar-refractivity contribution < 1.29 is 0 Å². The van der Waals surface area contributed by atoms with Gasteiger partial charge in [-0.05, 0) is 206 Å². The molecule has 9 aromatic carbocycles. The average molecular weight is 1100 g/mol. The van der Waals surface area contributed by atoms with Crippen LogP contribution in [0.25, 0.3) is 33.4 Å². The lowest BCUT2D eigenvalue weighted by atomic mass is 9.33. The Morgan fingerprint density at radius 2 is 1.22 bits per heavy atom. The van der Waals surface area contributed by atoms with Gasteiger partial charge in [0.15, 0.2) is 0 Å². The fourth-order valence-corrected chi connectivity index (χ4v) is 14.3. The SMILES string of the molecule is C=CC1=C(/C=C(\C)N2c3cc(N(C(=C/C(=C)c4ccccc4)/C(C)=C\C)c4cc(-c5ccccc5)ccc4C)ccc3B3c4ccc(C(C)(C)C)cc4N(c4ccc5c(c4)C(C)(C)c4ccccc4-5)c4cc(C)cc2c43)C(C)(C)c2ccccc21. The summed E-state index contributed by atoms with van der Waals surface area (Å²) in [5, 5.41) is 0. The second kappa shape index (κ2) is 20.6. The van der Waals surface area contributed by atoms with Crippen molar-refractivity contribution in [2.45, 2.75) is 99.3 Å². The molecule has 0 N–H and O–H groups in total. The van der Waals surface area contributed by atoms with Gasteiger partial charge in [0.2, 0.25) is 0 Å². The van der Waals surface area contributed by atoms with Gasteiger partial charge in [0.25, 0.3) is 6.71 Å². The summed E-state index contributed by atoms with van der Waals surface area (Å²) < 4.78 is 0. The average Bonchev–Trinajstić information content (AvgIpc) is 1.34. The van der Waals surface area contributed by atoms with Crippen LogP contribution in [0.15, 0.2) is 254 Å². The largest absolute Gasteiger partial charge is 0.315 e. The minimum Gasteiger partial charge on any atom is -0.315 e. The molecular weight excluding hydrogens is 1030 g/mol. The Hall–Kier alpha value is -9.12. The number of aryl methyl sites for hydroxylation is 2. The van der Waals surface area contributed by atoms with Gasteiger partial charge in [-0.2, -0.15) is 0 Å². The zero-order valence-electron chi connectivity index (χ0n) is 51.6. The molecule has 2 aliphatic heterocycles. The molecule has 0 saturated carbocycles. The molecule has 0 bridgehead atoms. The first-order valence-corrected chi connectivity index (χ1v) is 30.3. The monoisotopic (exact) mass is 1100 g/mol. The highest BCUT2D eigenvalue weighted by Crippen LogP contribution is 2.53. The van der Waals surface area contributed by atoms with Gasteiger partial charge in [-0.3, -0.25) is 0 Å². The smallest absolute Gasteiger partial charge is 0.252 e. The van der Waals surface area contributed by atoms with Crippen molar-refractivity contribution in [1.29, 1.82) is 0 Å². The molecule has 0 atom stereocenters. The number of fused-ring (bicyclic) bond motifs is 8. The standard InChI is InChI=1S/C81H76BN3/c1-15-52(4)72(45-54(6)56-27-19-17-20-28-56)84(73-47-58(36-35-53(73)5)57-29-21-18-22-30-57)61-39-42-71-75(50-61)83(55(7)46-68-62(16-2)63-31-23-25-33-66(63)80(68,11)12)76-43-51(3)44-77-78(76)82(71)70-41-37-59(79(8,9)10)48-74(70)85(77)60-38-40-65-64-32-24-26-34-67(64)81(13,14)69(65)49-60/h15-50H,2,6H2,1,3-5,7-14H3/b52-15-,55-46+,72-45+. The van der Waals surface area contributed by atoms with Gasteiger partial charge in [0.1, 0.15) is 0 Å². The summed E-state index contributed by atoms with van der Waals surface area (Å²) in [5.74, 6) is 0. The molecule has 2 heterocycles. The molecule has 4 aliphatic rings. The van der Waals surface area contributed by atoms with E-state index in [0.717, 1.165) is 56.3 Å². The lowest BCUT2D eigenvalue weighted by Gasteiger charge is -2.45. The van der Waals surface area contributed by atoms with E-state index in [1.165, 1.54) is 100 Å². The lowest BCUT2D eigenvalue weighted by molar-refractivity contribution is 0.590. The van der Waals surface area contributed by atoms with Crippen LogP contribution in [0.1, 0.15) is 114 Å². The first-order chi connectivity index (χ1) is 40.8. The minimum atomic E-state index is -0.277. The summed E-state index contributed by atoms with van der Waals surface area (Å²) in [6.45, 7) is 36.9. The van der Waals surface area contributed by atoms with Crippen LogP contribution in [0, 0.1) is 13.8 Å². The van der Waals surface area contributed by atoms with Gasteiger partial charge in [0, 0.05) is 62.0 Å². The second-order valence-corrected chi connectivity index (χ2v) is 26.1. The van der Waals surface area contributed by atoms with E-state index < -0.39 is 0 Å². The fourth-order valence-electron chi connectivity index (χ4n) is 14.3. The Labute approximate surface area is 506 Å². The summed E-state index contributed by atoms with van der Waals surface area (Å²) >= 11 is 0. The molecule has 0 saturated heterocycles. The molecule has 4 heteroatoms. The van der Waals surface area contributed by atoms with Crippen LogP contribution in [0.4, 0.5) is 39.8 Å². The Balaban J connectivity index is 1.10. The van der Waals surface area contributed by atoms with Gasteiger partial charge in [0.05, 0.1) is 0 Å². The lowest BCUT2D eigenvalue weighted by Crippen LogP contribution is -2.61. The van der Waals surface area contributed by atoms with Crippen LogP contribution in [0.2, 0.25) is 0 Å². The fraction of sp³-hybridized carbons (Fsp3) is 0.185. The molecule has 13 rings (SSSR count). The van der Waals surface area contributed by atoms with E-state index in [0.29, 0.717) is 0 Å². The van der Waals surface area contributed by atoms with E-state index >= 15 is 0 Å². The first-order valence-electron chi connectivity index (χ1n) is 30.3. The molecule has 0 aromatic heterocycles. The summed E-state index contributed by atoms with van der Waals surface area (Å²) in [6, 6.07) is 73.0. The predicted molar refractivity (Wildman–Crippen MR) is 367 cm³/mol. The molecule has 9 aromatic rings. The Kier molecular flexibility index (Phi) is 13.3. The number of anilines is 7. The van der Waals surface area contributed by atoms with E-state index in [4.69, 9.17) is 6.58 Å². The predicted octanol–water partition coefficient (Wildman–Crippen LogP) is 19.9. The highest BCUT2D eigenvalue weighted by molar-refractivity contribution is 7.00. The summed E-state index contributed by atoms with van der Waals surface area (Å²) in [6.07, 6.45) is 9.06. The topological polar surface area (TPSA) is 9.72 Å².